The van der Waals surface area contributed by atoms with Crippen LogP contribution in [0.25, 0.3) is 16.6 Å². The summed E-state index contributed by atoms with van der Waals surface area (Å²) in [6.45, 7) is 1.80. The van der Waals surface area contributed by atoms with Crippen LogP contribution in [-0.2, 0) is 0 Å². The van der Waals surface area contributed by atoms with Crippen LogP contribution in [0.4, 0.5) is 29.5 Å². The van der Waals surface area contributed by atoms with E-state index in [1.165, 1.54) is 18.2 Å². The molecule has 2 aromatic carbocycles. The van der Waals surface area contributed by atoms with Crippen molar-refractivity contribution in [3.8, 4) is 0 Å². The predicted molar refractivity (Wildman–Crippen MR) is 112 cm³/mol. The maximum Gasteiger partial charge on any atom is 0.322 e. The summed E-state index contributed by atoms with van der Waals surface area (Å²) in [5.74, 6) is -1.17. The lowest BCUT2D eigenvalue weighted by atomic mass is 10.2. The second-order valence-electron chi connectivity index (χ2n) is 7.36. The van der Waals surface area contributed by atoms with E-state index in [1.807, 2.05) is 27.6 Å². The summed E-state index contributed by atoms with van der Waals surface area (Å²) in [4.78, 5) is 20.8. The molecule has 1 aliphatic heterocycles. The number of carbonyl (C=O) groups excluding carboxylic acids is 1. The Hall–Kier alpha value is -3.75. The highest BCUT2D eigenvalue weighted by Gasteiger charge is 2.24. The Morgan fingerprint density at radius 2 is 1.65 bits per heavy atom. The molecule has 158 valence electrons. The summed E-state index contributed by atoms with van der Waals surface area (Å²) in [6, 6.07) is 10.9. The number of urea groups is 1. The summed E-state index contributed by atoms with van der Waals surface area (Å²) < 4.78 is 42.6. The van der Waals surface area contributed by atoms with Gasteiger partial charge in [-0.1, -0.05) is 0 Å². The molecule has 0 unspecified atom stereocenters. The zero-order valence-corrected chi connectivity index (χ0v) is 16.4. The molecule has 0 radical (unpaired) electrons. The zero-order valence-electron chi connectivity index (χ0n) is 16.4. The molecular formula is C22H18F3N5O. The van der Waals surface area contributed by atoms with Gasteiger partial charge in [0.25, 0.3) is 0 Å². The zero-order chi connectivity index (χ0) is 21.5. The predicted octanol–water partition coefficient (Wildman–Crippen LogP) is 4.26. The van der Waals surface area contributed by atoms with E-state index in [4.69, 9.17) is 0 Å². The van der Waals surface area contributed by atoms with Crippen LogP contribution in [0.1, 0.15) is 0 Å². The first-order chi connectivity index (χ1) is 15.0. The molecule has 0 bridgehead atoms. The third-order valence-electron chi connectivity index (χ3n) is 5.44. The van der Waals surface area contributed by atoms with Gasteiger partial charge in [0.1, 0.15) is 17.5 Å². The summed E-state index contributed by atoms with van der Waals surface area (Å²) >= 11 is 0. The Balaban J connectivity index is 1.35. The van der Waals surface area contributed by atoms with Gasteiger partial charge in [-0.3, -0.25) is 0 Å². The number of benzene rings is 2. The van der Waals surface area contributed by atoms with Crippen LogP contribution in [-0.4, -0.2) is 46.5 Å². The van der Waals surface area contributed by atoms with E-state index in [0.717, 1.165) is 23.2 Å². The molecule has 1 N–H and O–H groups in total. The molecule has 4 aromatic rings. The van der Waals surface area contributed by atoms with E-state index in [2.05, 4.69) is 10.3 Å². The summed E-state index contributed by atoms with van der Waals surface area (Å²) in [5.41, 5.74) is 2.18. The van der Waals surface area contributed by atoms with Crippen molar-refractivity contribution in [2.45, 2.75) is 0 Å². The number of hydrogen-bond acceptors (Lipinski definition) is 3. The van der Waals surface area contributed by atoms with Gasteiger partial charge in [-0.25, -0.2) is 22.9 Å². The molecule has 0 saturated carbocycles. The number of aromatic nitrogens is 2. The number of amides is 2. The molecule has 1 aliphatic rings. The average molecular weight is 425 g/mol. The van der Waals surface area contributed by atoms with Gasteiger partial charge in [0.2, 0.25) is 0 Å². The highest BCUT2D eigenvalue weighted by Crippen LogP contribution is 2.27. The molecule has 0 atom stereocenters. The lowest BCUT2D eigenvalue weighted by molar-refractivity contribution is 0.208. The Bertz CT molecular complexity index is 1300. The number of piperazine rings is 1. The van der Waals surface area contributed by atoms with Crippen LogP contribution >= 0.6 is 0 Å². The molecule has 3 heterocycles. The van der Waals surface area contributed by atoms with E-state index in [0.29, 0.717) is 37.5 Å². The monoisotopic (exact) mass is 425 g/mol. The lowest BCUT2D eigenvalue weighted by Crippen LogP contribution is -2.50. The van der Waals surface area contributed by atoms with Crippen LogP contribution in [0.3, 0.4) is 0 Å². The second kappa shape index (κ2) is 7.50. The Morgan fingerprint density at radius 3 is 2.42 bits per heavy atom. The number of carbonyl (C=O) groups is 1. The first-order valence-electron chi connectivity index (χ1n) is 9.82. The summed E-state index contributed by atoms with van der Waals surface area (Å²) in [6.07, 6.45) is 1.90. The van der Waals surface area contributed by atoms with Crippen LogP contribution < -0.4 is 10.2 Å². The lowest BCUT2D eigenvalue weighted by Gasteiger charge is -2.35. The van der Waals surface area contributed by atoms with Crippen molar-refractivity contribution in [1.29, 1.82) is 0 Å². The molecule has 0 aliphatic carbocycles. The molecule has 0 spiro atoms. The van der Waals surface area contributed by atoms with Crippen molar-refractivity contribution in [2.75, 3.05) is 36.4 Å². The van der Waals surface area contributed by atoms with Gasteiger partial charge in [-0.05, 0) is 36.4 Å². The number of nitrogens with zero attached hydrogens (tertiary/aromatic N) is 4. The minimum Gasteiger partial charge on any atom is -0.351 e. The molecule has 1 fully saturated rings. The molecular weight excluding hydrogens is 407 g/mol. The molecule has 2 amide bonds. The van der Waals surface area contributed by atoms with E-state index in [9.17, 15) is 18.0 Å². The Kier molecular flexibility index (Phi) is 4.65. The van der Waals surface area contributed by atoms with Gasteiger partial charge in [-0.2, -0.15) is 0 Å². The first-order valence-corrected chi connectivity index (χ1v) is 9.82. The highest BCUT2D eigenvalue weighted by atomic mass is 19.1. The van der Waals surface area contributed by atoms with E-state index >= 15 is 0 Å². The first kappa shape index (κ1) is 19.2. The van der Waals surface area contributed by atoms with Crippen LogP contribution in [0.15, 0.2) is 54.7 Å². The van der Waals surface area contributed by atoms with Gasteiger partial charge in [0, 0.05) is 44.5 Å². The third-order valence-corrected chi connectivity index (χ3v) is 5.44. The maximum atomic E-state index is 13.8. The SMILES string of the molecule is O=C(Nc1ccc(F)cc1F)N1CCN(c2nc3cc(F)ccc3n3cccc23)CC1. The fraction of sp³-hybridized carbons (Fsp3) is 0.182. The highest BCUT2D eigenvalue weighted by molar-refractivity contribution is 5.90. The second-order valence-corrected chi connectivity index (χ2v) is 7.36. The minimum absolute atomic E-state index is 0.0676. The fourth-order valence-corrected chi connectivity index (χ4v) is 3.87. The minimum atomic E-state index is -0.824. The Labute approximate surface area is 175 Å². The smallest absolute Gasteiger partial charge is 0.322 e. The van der Waals surface area contributed by atoms with E-state index < -0.39 is 17.7 Å². The van der Waals surface area contributed by atoms with Gasteiger partial charge in [0.05, 0.1) is 22.2 Å². The van der Waals surface area contributed by atoms with Crippen molar-refractivity contribution in [2.24, 2.45) is 0 Å². The van der Waals surface area contributed by atoms with Crippen LogP contribution in [0.2, 0.25) is 0 Å². The number of halogens is 3. The summed E-state index contributed by atoms with van der Waals surface area (Å²) in [5, 5.41) is 2.48. The van der Waals surface area contributed by atoms with Crippen molar-refractivity contribution in [3.05, 3.63) is 72.2 Å². The third kappa shape index (κ3) is 3.52. The number of hydrogen-bond donors (Lipinski definition) is 1. The van der Waals surface area contributed by atoms with Crippen molar-refractivity contribution >= 4 is 34.1 Å². The number of anilines is 2. The van der Waals surface area contributed by atoms with Crippen molar-refractivity contribution in [1.82, 2.24) is 14.3 Å². The molecule has 1 saturated heterocycles. The maximum absolute atomic E-state index is 13.8. The number of rotatable bonds is 2. The van der Waals surface area contributed by atoms with Crippen LogP contribution in [0, 0.1) is 17.5 Å². The molecule has 2 aromatic heterocycles. The van der Waals surface area contributed by atoms with Gasteiger partial charge < -0.3 is 19.5 Å². The Morgan fingerprint density at radius 1 is 0.903 bits per heavy atom. The molecule has 9 heteroatoms. The average Bonchev–Trinajstić information content (AvgIpc) is 3.25. The van der Waals surface area contributed by atoms with Crippen molar-refractivity contribution in [3.63, 3.8) is 0 Å². The standard InChI is InChI=1S/C22H18F3N5O/c23-14-3-5-17(16(25)12-14)27-22(31)29-10-8-28(9-11-29)21-20-2-1-7-30(20)19-6-4-15(24)13-18(19)26-21/h1-7,12-13H,8-11H2,(H,27,31). The normalized spacial score (nSPS) is 14.4. The fourth-order valence-electron chi connectivity index (χ4n) is 3.87. The quantitative estimate of drug-likeness (QED) is 0.522. The van der Waals surface area contributed by atoms with Gasteiger partial charge in [0.15, 0.2) is 5.82 Å². The molecule has 6 nitrogen and oxygen atoms in total. The van der Waals surface area contributed by atoms with Gasteiger partial charge in [-0.15, -0.1) is 0 Å². The topological polar surface area (TPSA) is 52.9 Å². The van der Waals surface area contributed by atoms with Gasteiger partial charge >= 0.3 is 6.03 Å². The number of nitrogens with one attached hydrogen (secondary N) is 1. The summed E-state index contributed by atoms with van der Waals surface area (Å²) in [7, 11) is 0. The molecule has 31 heavy (non-hydrogen) atoms. The van der Waals surface area contributed by atoms with Crippen molar-refractivity contribution < 1.29 is 18.0 Å². The van der Waals surface area contributed by atoms with Crippen LogP contribution in [0.5, 0.6) is 0 Å². The number of fused-ring (bicyclic) bond motifs is 3. The molecule has 5 rings (SSSR count). The van der Waals surface area contributed by atoms with E-state index in [1.54, 1.807) is 11.0 Å². The largest absolute Gasteiger partial charge is 0.351 e. The van der Waals surface area contributed by atoms with E-state index in [-0.39, 0.29) is 11.5 Å².